The molecule has 0 aromatic heterocycles. The molecule has 1 aromatic carbocycles. The largest absolute Gasteiger partial charge is 0.490 e. The van der Waals surface area contributed by atoms with Crippen LogP contribution in [0.3, 0.4) is 0 Å². The molecule has 0 aliphatic carbocycles. The molecule has 0 saturated carbocycles. The number of likely N-dealkylation sites (tertiary alicyclic amines) is 1. The SMILES string of the molecule is CCOc1ccccc1OCCN1CCCCC1C(N)=S. The molecule has 1 unspecified atom stereocenters. The molecule has 1 aliphatic heterocycles. The normalized spacial score (nSPS) is 19.2. The van der Waals surface area contributed by atoms with Crippen LogP contribution in [0.25, 0.3) is 0 Å². The fourth-order valence-corrected chi connectivity index (χ4v) is 2.96. The highest BCUT2D eigenvalue weighted by Gasteiger charge is 2.24. The van der Waals surface area contributed by atoms with Crippen LogP contribution in [-0.2, 0) is 0 Å². The highest BCUT2D eigenvalue weighted by atomic mass is 32.1. The van der Waals surface area contributed by atoms with E-state index in [4.69, 9.17) is 27.4 Å². The summed E-state index contributed by atoms with van der Waals surface area (Å²) in [4.78, 5) is 2.93. The summed E-state index contributed by atoms with van der Waals surface area (Å²) in [5.41, 5.74) is 5.83. The average molecular weight is 308 g/mol. The van der Waals surface area contributed by atoms with Gasteiger partial charge in [0, 0.05) is 6.54 Å². The number of rotatable bonds is 7. The number of ether oxygens (including phenoxy) is 2. The lowest BCUT2D eigenvalue weighted by Gasteiger charge is -2.34. The minimum atomic E-state index is 0.222. The van der Waals surface area contributed by atoms with Crippen LogP contribution in [0.1, 0.15) is 26.2 Å². The number of benzene rings is 1. The van der Waals surface area contributed by atoms with Crippen LogP contribution in [0.4, 0.5) is 0 Å². The molecule has 116 valence electrons. The van der Waals surface area contributed by atoms with Gasteiger partial charge in [0.15, 0.2) is 11.5 Å². The van der Waals surface area contributed by atoms with Crippen molar-refractivity contribution in [1.29, 1.82) is 0 Å². The molecule has 1 heterocycles. The Labute approximate surface area is 132 Å². The summed E-state index contributed by atoms with van der Waals surface area (Å²) in [6.07, 6.45) is 3.46. The fourth-order valence-electron chi connectivity index (χ4n) is 2.70. The zero-order chi connectivity index (χ0) is 15.1. The molecule has 1 aromatic rings. The van der Waals surface area contributed by atoms with E-state index in [2.05, 4.69) is 4.90 Å². The van der Waals surface area contributed by atoms with Crippen LogP contribution >= 0.6 is 12.2 Å². The molecule has 1 aliphatic rings. The first-order chi connectivity index (χ1) is 10.2. The van der Waals surface area contributed by atoms with Crippen molar-refractivity contribution in [3.63, 3.8) is 0 Å². The van der Waals surface area contributed by atoms with Crippen molar-refractivity contribution in [2.45, 2.75) is 32.2 Å². The molecule has 2 rings (SSSR count). The molecule has 1 atom stereocenters. The molecule has 0 radical (unpaired) electrons. The Morgan fingerprint density at radius 1 is 1.29 bits per heavy atom. The predicted octanol–water partition coefficient (Wildman–Crippen LogP) is 2.60. The number of nitrogens with zero attached hydrogens (tertiary/aromatic N) is 1. The molecular formula is C16H24N2O2S. The van der Waals surface area contributed by atoms with Gasteiger partial charge in [-0.3, -0.25) is 4.90 Å². The smallest absolute Gasteiger partial charge is 0.161 e. The monoisotopic (exact) mass is 308 g/mol. The van der Waals surface area contributed by atoms with E-state index in [0.717, 1.165) is 31.0 Å². The minimum Gasteiger partial charge on any atom is -0.490 e. The third-order valence-electron chi connectivity index (χ3n) is 3.73. The summed E-state index contributed by atoms with van der Waals surface area (Å²) in [6.45, 7) is 5.09. The van der Waals surface area contributed by atoms with Gasteiger partial charge in [-0.25, -0.2) is 0 Å². The maximum atomic E-state index is 5.87. The number of para-hydroxylation sites is 2. The lowest BCUT2D eigenvalue weighted by molar-refractivity contribution is 0.155. The molecule has 4 nitrogen and oxygen atoms in total. The standard InChI is InChI=1S/C16H24N2O2S/c1-2-19-14-8-3-4-9-15(14)20-12-11-18-10-6-5-7-13(18)16(17)21/h3-4,8-9,13H,2,5-7,10-12H2,1H3,(H2,17,21). The minimum absolute atomic E-state index is 0.222. The van der Waals surface area contributed by atoms with Crippen LogP contribution < -0.4 is 15.2 Å². The summed E-state index contributed by atoms with van der Waals surface area (Å²) in [6, 6.07) is 7.99. The van der Waals surface area contributed by atoms with Crippen LogP contribution in [0, 0.1) is 0 Å². The van der Waals surface area contributed by atoms with Crippen LogP contribution in [0.5, 0.6) is 11.5 Å². The first-order valence-electron chi connectivity index (χ1n) is 7.60. The first kappa shape index (κ1) is 16.0. The second kappa shape index (κ2) is 8.20. The maximum absolute atomic E-state index is 5.87. The molecule has 0 bridgehead atoms. The van der Waals surface area contributed by atoms with Gasteiger partial charge in [0.25, 0.3) is 0 Å². The first-order valence-corrected chi connectivity index (χ1v) is 8.01. The summed E-state index contributed by atoms with van der Waals surface area (Å²) in [5.74, 6) is 1.59. The molecule has 2 N–H and O–H groups in total. The lowest BCUT2D eigenvalue weighted by Crippen LogP contribution is -2.48. The Bertz CT molecular complexity index is 467. The Morgan fingerprint density at radius 2 is 2.00 bits per heavy atom. The maximum Gasteiger partial charge on any atom is 0.161 e. The van der Waals surface area contributed by atoms with Crippen LogP contribution in [-0.4, -0.2) is 42.2 Å². The van der Waals surface area contributed by atoms with Gasteiger partial charge >= 0.3 is 0 Å². The molecule has 1 saturated heterocycles. The van der Waals surface area contributed by atoms with E-state index in [-0.39, 0.29) is 6.04 Å². The van der Waals surface area contributed by atoms with E-state index in [1.165, 1.54) is 12.8 Å². The highest BCUT2D eigenvalue weighted by molar-refractivity contribution is 7.80. The second-order valence-corrected chi connectivity index (χ2v) is 5.65. The zero-order valence-corrected chi connectivity index (χ0v) is 13.4. The van der Waals surface area contributed by atoms with Gasteiger partial charge in [0.05, 0.1) is 17.6 Å². The fraction of sp³-hybridized carbons (Fsp3) is 0.562. The van der Waals surface area contributed by atoms with Crippen molar-refractivity contribution < 1.29 is 9.47 Å². The molecule has 0 amide bonds. The number of thiocarbonyl (C=S) groups is 1. The topological polar surface area (TPSA) is 47.7 Å². The van der Waals surface area contributed by atoms with E-state index in [9.17, 15) is 0 Å². The van der Waals surface area contributed by atoms with Gasteiger partial charge < -0.3 is 15.2 Å². The molecule has 0 spiro atoms. The van der Waals surface area contributed by atoms with Crippen LogP contribution in [0.15, 0.2) is 24.3 Å². The molecule has 21 heavy (non-hydrogen) atoms. The number of nitrogens with two attached hydrogens (primary N) is 1. The van der Waals surface area contributed by atoms with Gasteiger partial charge in [0.1, 0.15) is 6.61 Å². The van der Waals surface area contributed by atoms with Gasteiger partial charge in [-0.05, 0) is 38.4 Å². The van der Waals surface area contributed by atoms with Gasteiger partial charge in [-0.2, -0.15) is 0 Å². The average Bonchev–Trinajstić information content (AvgIpc) is 2.49. The van der Waals surface area contributed by atoms with E-state index >= 15 is 0 Å². The van der Waals surface area contributed by atoms with E-state index in [1.54, 1.807) is 0 Å². The summed E-state index contributed by atoms with van der Waals surface area (Å²) in [5, 5.41) is 0. The quantitative estimate of drug-likeness (QED) is 0.785. The van der Waals surface area contributed by atoms with Crippen molar-refractivity contribution in [3.05, 3.63) is 24.3 Å². The lowest BCUT2D eigenvalue weighted by atomic mass is 10.0. The predicted molar refractivity (Wildman–Crippen MR) is 89.1 cm³/mol. The Morgan fingerprint density at radius 3 is 2.67 bits per heavy atom. The van der Waals surface area contributed by atoms with Gasteiger partial charge in [0.2, 0.25) is 0 Å². The summed E-state index contributed by atoms with van der Waals surface area (Å²) < 4.78 is 11.4. The third-order valence-corrected chi connectivity index (χ3v) is 4.00. The van der Waals surface area contributed by atoms with Crippen molar-refractivity contribution >= 4 is 17.2 Å². The summed E-state index contributed by atoms with van der Waals surface area (Å²) in [7, 11) is 0. The second-order valence-electron chi connectivity index (χ2n) is 5.18. The van der Waals surface area contributed by atoms with E-state index in [0.29, 0.717) is 18.2 Å². The highest BCUT2D eigenvalue weighted by Crippen LogP contribution is 2.26. The Balaban J connectivity index is 1.87. The van der Waals surface area contributed by atoms with Crippen LogP contribution in [0.2, 0.25) is 0 Å². The number of hydrogen-bond acceptors (Lipinski definition) is 4. The Kier molecular flexibility index (Phi) is 6.26. The Hall–Kier alpha value is -1.33. The van der Waals surface area contributed by atoms with E-state index < -0.39 is 0 Å². The molecule has 1 fully saturated rings. The van der Waals surface area contributed by atoms with Gasteiger partial charge in [-0.15, -0.1) is 0 Å². The third kappa shape index (κ3) is 4.58. The zero-order valence-electron chi connectivity index (χ0n) is 12.6. The van der Waals surface area contributed by atoms with Crippen molar-refractivity contribution in [1.82, 2.24) is 4.90 Å². The van der Waals surface area contributed by atoms with Gasteiger partial charge in [-0.1, -0.05) is 30.8 Å². The number of hydrogen-bond donors (Lipinski definition) is 1. The van der Waals surface area contributed by atoms with Crippen molar-refractivity contribution in [3.8, 4) is 11.5 Å². The summed E-state index contributed by atoms with van der Waals surface area (Å²) >= 11 is 5.17. The van der Waals surface area contributed by atoms with Crippen molar-refractivity contribution in [2.75, 3.05) is 26.3 Å². The number of piperidine rings is 1. The van der Waals surface area contributed by atoms with Crippen molar-refractivity contribution in [2.24, 2.45) is 5.73 Å². The van der Waals surface area contributed by atoms with E-state index in [1.807, 2.05) is 31.2 Å². The molecule has 5 heteroatoms. The molecular weight excluding hydrogens is 284 g/mol.